The number of nitrogens with zero attached hydrogens (tertiary/aromatic N) is 2. The van der Waals surface area contributed by atoms with Gasteiger partial charge in [-0.05, 0) is 43.2 Å². The lowest BCUT2D eigenvalue weighted by atomic mass is 9.74. The molecule has 0 bridgehead atoms. The topological polar surface area (TPSA) is 63.7 Å². The lowest BCUT2D eigenvalue weighted by Crippen LogP contribution is -2.52. The summed E-state index contributed by atoms with van der Waals surface area (Å²) in [5, 5.41) is 3.72. The maximum Gasteiger partial charge on any atom is 0.417 e. The average Bonchev–Trinajstić information content (AvgIpc) is 3.23. The number of aromatic nitrogens is 1. The van der Waals surface area contributed by atoms with E-state index in [9.17, 15) is 18.0 Å². The van der Waals surface area contributed by atoms with Crippen molar-refractivity contribution in [2.75, 3.05) is 26.9 Å². The molecule has 33 heavy (non-hydrogen) atoms. The quantitative estimate of drug-likeness (QED) is 0.714. The molecule has 1 N–H and O–H groups in total. The second kappa shape index (κ2) is 9.50. The number of alkyl halides is 3. The number of halogens is 3. The van der Waals surface area contributed by atoms with E-state index in [-0.39, 0.29) is 36.6 Å². The first kappa shape index (κ1) is 24.4. The lowest BCUT2D eigenvalue weighted by molar-refractivity contribution is -0.146. The molecular weight excluding hydrogens is 435 g/mol. The van der Waals surface area contributed by atoms with Gasteiger partial charge >= 0.3 is 6.18 Å². The fourth-order valence-electron chi connectivity index (χ4n) is 5.69. The van der Waals surface area contributed by atoms with E-state index in [1.54, 1.807) is 12.0 Å². The Morgan fingerprint density at radius 2 is 2.15 bits per heavy atom. The smallest absolute Gasteiger partial charge is 0.379 e. The van der Waals surface area contributed by atoms with Crippen molar-refractivity contribution in [3.8, 4) is 0 Å². The van der Waals surface area contributed by atoms with Gasteiger partial charge in [0.05, 0.1) is 23.7 Å². The molecule has 2 fully saturated rings. The summed E-state index contributed by atoms with van der Waals surface area (Å²) >= 11 is 0. The minimum absolute atomic E-state index is 0.00238. The number of fused-ring (bicyclic) bond motifs is 1. The Morgan fingerprint density at radius 1 is 1.36 bits per heavy atom. The second-order valence-electron chi connectivity index (χ2n) is 9.97. The van der Waals surface area contributed by atoms with Gasteiger partial charge in [-0.25, -0.2) is 0 Å². The normalized spacial score (nSPS) is 30.5. The van der Waals surface area contributed by atoms with Crippen LogP contribution in [-0.4, -0.2) is 60.8 Å². The summed E-state index contributed by atoms with van der Waals surface area (Å²) in [6, 6.07) is 1.55. The van der Waals surface area contributed by atoms with Gasteiger partial charge in [0.1, 0.15) is 0 Å². The van der Waals surface area contributed by atoms with E-state index in [0.717, 1.165) is 37.9 Å². The van der Waals surface area contributed by atoms with E-state index in [4.69, 9.17) is 9.47 Å². The number of rotatable bonds is 5. The number of amides is 1. The van der Waals surface area contributed by atoms with E-state index in [1.165, 1.54) is 0 Å². The summed E-state index contributed by atoms with van der Waals surface area (Å²) in [4.78, 5) is 19.6. The second-order valence-corrected chi connectivity index (χ2v) is 9.97. The molecule has 1 aliphatic carbocycles. The van der Waals surface area contributed by atoms with Crippen LogP contribution in [0.1, 0.15) is 56.4 Å². The Balaban J connectivity index is 1.48. The molecule has 2 aliphatic heterocycles. The van der Waals surface area contributed by atoms with Gasteiger partial charge in [0, 0.05) is 57.2 Å². The van der Waals surface area contributed by atoms with Crippen LogP contribution >= 0.6 is 0 Å². The van der Waals surface area contributed by atoms with Gasteiger partial charge in [-0.1, -0.05) is 13.8 Å². The molecule has 1 saturated heterocycles. The van der Waals surface area contributed by atoms with Gasteiger partial charge in [-0.15, -0.1) is 0 Å². The van der Waals surface area contributed by atoms with Crippen LogP contribution in [0.2, 0.25) is 0 Å². The first-order valence-electron chi connectivity index (χ1n) is 11.8. The highest BCUT2D eigenvalue weighted by Gasteiger charge is 2.50. The zero-order valence-corrected chi connectivity index (χ0v) is 19.6. The summed E-state index contributed by atoms with van der Waals surface area (Å²) < 4.78 is 50.6. The maximum atomic E-state index is 13.8. The van der Waals surface area contributed by atoms with Gasteiger partial charge in [-0.3, -0.25) is 9.78 Å². The van der Waals surface area contributed by atoms with Crippen molar-refractivity contribution in [1.29, 1.82) is 0 Å². The molecule has 1 aromatic heterocycles. The van der Waals surface area contributed by atoms with Crippen LogP contribution in [0.5, 0.6) is 0 Å². The Bertz CT molecular complexity index is 863. The Labute approximate surface area is 193 Å². The fourth-order valence-corrected chi connectivity index (χ4v) is 5.69. The molecule has 1 unspecified atom stereocenters. The van der Waals surface area contributed by atoms with Crippen molar-refractivity contribution in [1.82, 2.24) is 15.2 Å². The number of methoxy groups -OCH3 is 1. The molecule has 1 saturated carbocycles. The fraction of sp³-hybridized carbons (Fsp3) is 0.750. The molecule has 0 radical (unpaired) electrons. The van der Waals surface area contributed by atoms with Crippen LogP contribution in [0.4, 0.5) is 13.2 Å². The van der Waals surface area contributed by atoms with E-state index < -0.39 is 17.2 Å². The largest absolute Gasteiger partial charge is 0.417 e. The Morgan fingerprint density at radius 3 is 2.85 bits per heavy atom. The monoisotopic (exact) mass is 469 g/mol. The zero-order valence-electron chi connectivity index (χ0n) is 19.6. The van der Waals surface area contributed by atoms with Crippen molar-refractivity contribution in [2.45, 2.75) is 76.9 Å². The maximum absolute atomic E-state index is 13.8. The van der Waals surface area contributed by atoms with E-state index >= 15 is 0 Å². The van der Waals surface area contributed by atoms with Gasteiger partial charge in [0.25, 0.3) is 0 Å². The molecule has 3 heterocycles. The molecule has 1 aromatic rings. The number of hydrogen-bond donors (Lipinski definition) is 1. The number of nitrogens with one attached hydrogen (secondary N) is 1. The molecule has 3 aliphatic rings. The highest BCUT2D eigenvalue weighted by atomic mass is 19.4. The van der Waals surface area contributed by atoms with Gasteiger partial charge in [-0.2, -0.15) is 13.2 Å². The molecule has 0 spiro atoms. The average molecular weight is 470 g/mol. The van der Waals surface area contributed by atoms with Gasteiger partial charge < -0.3 is 19.7 Å². The summed E-state index contributed by atoms with van der Waals surface area (Å²) in [7, 11) is 1.69. The van der Waals surface area contributed by atoms with Crippen molar-refractivity contribution < 1.29 is 27.4 Å². The third kappa shape index (κ3) is 4.91. The van der Waals surface area contributed by atoms with Crippen LogP contribution in [0.15, 0.2) is 12.3 Å². The van der Waals surface area contributed by atoms with Crippen molar-refractivity contribution >= 4 is 5.91 Å². The molecule has 184 valence electrons. The molecule has 4 atom stereocenters. The van der Waals surface area contributed by atoms with E-state index in [0.29, 0.717) is 37.4 Å². The Hall–Kier alpha value is -1.71. The van der Waals surface area contributed by atoms with Crippen LogP contribution in [0, 0.1) is 11.3 Å². The zero-order chi connectivity index (χ0) is 23.8. The van der Waals surface area contributed by atoms with Crippen molar-refractivity contribution in [3.05, 3.63) is 29.1 Å². The van der Waals surface area contributed by atoms with Crippen molar-refractivity contribution in [3.63, 3.8) is 0 Å². The lowest BCUT2D eigenvalue weighted by Gasteiger charge is -2.40. The highest BCUT2D eigenvalue weighted by molar-refractivity contribution is 5.83. The van der Waals surface area contributed by atoms with Crippen LogP contribution in [0.3, 0.4) is 0 Å². The summed E-state index contributed by atoms with van der Waals surface area (Å²) in [5.41, 5.74) is -0.121. The van der Waals surface area contributed by atoms with E-state index in [2.05, 4.69) is 24.1 Å². The predicted octanol–water partition coefficient (Wildman–Crippen LogP) is 3.57. The van der Waals surface area contributed by atoms with E-state index in [1.807, 2.05) is 0 Å². The SMILES string of the molecule is CO[C@H]1COCC[C@@H]1NC1CC[C@@](C(=O)N2CCc3ncc(C(F)(F)F)cc3C2)(C(C)C)C1. The molecule has 0 aromatic carbocycles. The first-order chi connectivity index (χ1) is 15.6. The van der Waals surface area contributed by atoms with Crippen LogP contribution in [0.25, 0.3) is 0 Å². The minimum Gasteiger partial charge on any atom is -0.379 e. The molecule has 6 nitrogen and oxygen atoms in total. The third-order valence-corrected chi connectivity index (χ3v) is 7.79. The molecule has 1 amide bonds. The summed E-state index contributed by atoms with van der Waals surface area (Å²) in [5.74, 6) is 0.186. The van der Waals surface area contributed by atoms with Crippen LogP contribution < -0.4 is 5.32 Å². The highest BCUT2D eigenvalue weighted by Crippen LogP contribution is 2.47. The summed E-state index contributed by atoms with van der Waals surface area (Å²) in [6.07, 6.45) is 0.180. The number of ether oxygens (including phenoxy) is 2. The first-order valence-corrected chi connectivity index (χ1v) is 11.8. The van der Waals surface area contributed by atoms with Gasteiger partial charge in [0.15, 0.2) is 0 Å². The number of hydrogen-bond acceptors (Lipinski definition) is 5. The van der Waals surface area contributed by atoms with Gasteiger partial charge in [0.2, 0.25) is 5.91 Å². The molecular formula is C24H34F3N3O3. The number of carbonyl (C=O) groups is 1. The predicted molar refractivity (Wildman–Crippen MR) is 116 cm³/mol. The number of pyridine rings is 1. The standard InChI is InChI=1S/C24H34F3N3O3/c1-15(2)23(7-4-18(11-23)29-20-6-9-33-14-21(20)32-3)22(31)30-8-5-19-16(13-30)10-17(12-28-19)24(25,26)27/h10,12,15,18,20-21,29H,4-9,11,13-14H2,1-3H3/t18?,20-,21-,23-/m0/s1. The van der Waals surface area contributed by atoms with Crippen molar-refractivity contribution in [2.24, 2.45) is 11.3 Å². The third-order valence-electron chi connectivity index (χ3n) is 7.79. The van der Waals surface area contributed by atoms with Crippen LogP contribution in [-0.2, 0) is 33.4 Å². The summed E-state index contributed by atoms with van der Waals surface area (Å²) in [6.45, 7) is 6.09. The number of carbonyl (C=O) groups excluding carboxylic acids is 1. The minimum atomic E-state index is -4.44. The molecule has 4 rings (SSSR count). The molecule has 9 heteroatoms. The Kier molecular flexibility index (Phi) is 7.03.